The Balaban J connectivity index is 1.74. The number of alkyl halides is 2. The number of anilines is 2. The SMILES string of the molecule is Cc1[nH]ncc1-c1cc2c(cc1C(F)F)N(c1cccc3c1cc(C)c(=O)n3C)CCC2. The maximum Gasteiger partial charge on any atom is 0.264 e. The summed E-state index contributed by atoms with van der Waals surface area (Å²) in [4.78, 5) is 14.5. The molecule has 0 spiro atoms. The van der Waals surface area contributed by atoms with Gasteiger partial charge in [0.25, 0.3) is 12.0 Å². The Labute approximate surface area is 184 Å². The van der Waals surface area contributed by atoms with Crippen LogP contribution in [0.25, 0.3) is 22.0 Å². The zero-order chi connectivity index (χ0) is 22.6. The van der Waals surface area contributed by atoms with Gasteiger partial charge in [-0.05, 0) is 68.1 Å². The van der Waals surface area contributed by atoms with Crippen molar-refractivity contribution in [1.82, 2.24) is 14.8 Å². The van der Waals surface area contributed by atoms with Crippen LogP contribution in [-0.4, -0.2) is 21.3 Å². The predicted molar refractivity (Wildman–Crippen MR) is 123 cm³/mol. The third-order valence-corrected chi connectivity index (χ3v) is 6.44. The summed E-state index contributed by atoms with van der Waals surface area (Å²) < 4.78 is 30.0. The van der Waals surface area contributed by atoms with Crippen molar-refractivity contribution in [2.24, 2.45) is 7.05 Å². The number of aromatic nitrogens is 3. The predicted octanol–water partition coefficient (Wildman–Crippen LogP) is 5.57. The van der Waals surface area contributed by atoms with Crippen LogP contribution in [0.4, 0.5) is 20.2 Å². The lowest BCUT2D eigenvalue weighted by atomic mass is 9.91. The Morgan fingerprint density at radius 2 is 1.91 bits per heavy atom. The van der Waals surface area contributed by atoms with Crippen molar-refractivity contribution in [3.63, 3.8) is 0 Å². The molecule has 2 aromatic carbocycles. The van der Waals surface area contributed by atoms with E-state index < -0.39 is 6.43 Å². The van der Waals surface area contributed by atoms with Gasteiger partial charge in [-0.2, -0.15) is 5.10 Å². The highest BCUT2D eigenvalue weighted by Gasteiger charge is 2.26. The molecule has 0 saturated carbocycles. The lowest BCUT2D eigenvalue weighted by molar-refractivity contribution is 0.152. The van der Waals surface area contributed by atoms with E-state index in [-0.39, 0.29) is 11.1 Å². The molecule has 0 fully saturated rings. The van der Waals surface area contributed by atoms with Gasteiger partial charge in [0.1, 0.15) is 0 Å². The van der Waals surface area contributed by atoms with E-state index in [0.717, 1.165) is 52.9 Å². The maximum absolute atomic E-state index is 14.2. The number of aromatic amines is 1. The normalized spacial score (nSPS) is 13.8. The molecule has 4 aromatic rings. The first-order valence-electron chi connectivity index (χ1n) is 10.7. The zero-order valence-electron chi connectivity index (χ0n) is 18.2. The lowest BCUT2D eigenvalue weighted by Gasteiger charge is -2.33. The number of nitrogens with zero attached hydrogens (tertiary/aromatic N) is 3. The van der Waals surface area contributed by atoms with Crippen LogP contribution in [0.1, 0.15) is 35.2 Å². The first-order valence-corrected chi connectivity index (χ1v) is 10.7. The highest BCUT2D eigenvalue weighted by atomic mass is 19.3. The molecule has 0 bridgehead atoms. The molecule has 5 rings (SSSR count). The van der Waals surface area contributed by atoms with Crippen molar-refractivity contribution < 1.29 is 8.78 Å². The fourth-order valence-electron chi connectivity index (χ4n) is 4.80. The number of benzene rings is 2. The van der Waals surface area contributed by atoms with E-state index in [0.29, 0.717) is 16.7 Å². The molecule has 0 saturated heterocycles. The second-order valence-corrected chi connectivity index (χ2v) is 8.43. The van der Waals surface area contributed by atoms with Gasteiger partial charge in [0.2, 0.25) is 0 Å². The van der Waals surface area contributed by atoms with Gasteiger partial charge < -0.3 is 9.47 Å². The first kappa shape index (κ1) is 20.4. The molecular formula is C25H24F2N4O. The number of halogens is 2. The molecule has 0 radical (unpaired) electrons. The molecule has 0 aliphatic carbocycles. The van der Waals surface area contributed by atoms with Crippen LogP contribution in [0.3, 0.4) is 0 Å². The molecular weight excluding hydrogens is 410 g/mol. The van der Waals surface area contributed by atoms with Gasteiger partial charge in [-0.15, -0.1) is 0 Å². The molecule has 32 heavy (non-hydrogen) atoms. The van der Waals surface area contributed by atoms with Crippen molar-refractivity contribution in [3.8, 4) is 11.1 Å². The first-order chi connectivity index (χ1) is 15.4. The minimum absolute atomic E-state index is 0.00367. The molecule has 1 aliphatic heterocycles. The quantitative estimate of drug-likeness (QED) is 0.459. The van der Waals surface area contributed by atoms with Crippen LogP contribution < -0.4 is 10.5 Å². The average molecular weight is 434 g/mol. The maximum atomic E-state index is 14.2. The molecule has 0 unspecified atom stereocenters. The molecule has 7 heteroatoms. The molecule has 2 aromatic heterocycles. The van der Waals surface area contributed by atoms with Crippen LogP contribution >= 0.6 is 0 Å². The molecule has 1 aliphatic rings. The van der Waals surface area contributed by atoms with Crippen LogP contribution in [-0.2, 0) is 13.5 Å². The second-order valence-electron chi connectivity index (χ2n) is 8.43. The minimum Gasteiger partial charge on any atom is -0.341 e. The Kier molecular flexibility index (Phi) is 4.84. The van der Waals surface area contributed by atoms with Crippen molar-refractivity contribution >= 4 is 22.3 Å². The monoisotopic (exact) mass is 434 g/mol. The van der Waals surface area contributed by atoms with Crippen LogP contribution in [0.5, 0.6) is 0 Å². The van der Waals surface area contributed by atoms with Crippen molar-refractivity contribution in [3.05, 3.63) is 75.3 Å². The molecule has 164 valence electrons. The van der Waals surface area contributed by atoms with E-state index in [4.69, 9.17) is 0 Å². The summed E-state index contributed by atoms with van der Waals surface area (Å²) in [6, 6.07) is 11.3. The smallest absolute Gasteiger partial charge is 0.264 e. The summed E-state index contributed by atoms with van der Waals surface area (Å²) in [5, 5.41) is 7.81. The Morgan fingerprint density at radius 3 is 2.62 bits per heavy atom. The summed E-state index contributed by atoms with van der Waals surface area (Å²) in [5.41, 5.74) is 6.22. The fourth-order valence-corrected chi connectivity index (χ4v) is 4.80. The average Bonchev–Trinajstić information content (AvgIpc) is 3.21. The highest BCUT2D eigenvalue weighted by Crippen LogP contribution is 2.43. The topological polar surface area (TPSA) is 53.9 Å². The number of pyridine rings is 1. The number of fused-ring (bicyclic) bond motifs is 2. The summed E-state index contributed by atoms with van der Waals surface area (Å²) in [5.74, 6) is 0. The van der Waals surface area contributed by atoms with E-state index in [2.05, 4.69) is 15.1 Å². The summed E-state index contributed by atoms with van der Waals surface area (Å²) in [6.45, 7) is 4.37. The molecule has 1 N–H and O–H groups in total. The van der Waals surface area contributed by atoms with Gasteiger partial charge in [0.05, 0.1) is 17.4 Å². The fraction of sp³-hybridized carbons (Fsp3) is 0.280. The number of hydrogen-bond donors (Lipinski definition) is 1. The minimum atomic E-state index is -2.61. The molecule has 0 amide bonds. The van der Waals surface area contributed by atoms with Crippen LogP contribution in [0, 0.1) is 13.8 Å². The molecule has 3 heterocycles. The van der Waals surface area contributed by atoms with Gasteiger partial charge in [0.15, 0.2) is 0 Å². The molecule has 0 atom stereocenters. The zero-order valence-corrected chi connectivity index (χ0v) is 18.2. The Morgan fingerprint density at radius 1 is 1.09 bits per heavy atom. The number of hydrogen-bond acceptors (Lipinski definition) is 3. The number of H-pyrrole nitrogens is 1. The number of aryl methyl sites for hydroxylation is 4. The van der Waals surface area contributed by atoms with Gasteiger partial charge in [-0.25, -0.2) is 8.78 Å². The van der Waals surface area contributed by atoms with E-state index in [1.807, 2.05) is 37.3 Å². The molecule has 5 nitrogen and oxygen atoms in total. The van der Waals surface area contributed by atoms with Gasteiger partial charge in [-0.1, -0.05) is 6.07 Å². The van der Waals surface area contributed by atoms with Crippen LogP contribution in [0.2, 0.25) is 0 Å². The largest absolute Gasteiger partial charge is 0.341 e. The van der Waals surface area contributed by atoms with Gasteiger partial charge >= 0.3 is 0 Å². The van der Waals surface area contributed by atoms with E-state index in [1.165, 1.54) is 0 Å². The van der Waals surface area contributed by atoms with E-state index in [9.17, 15) is 13.6 Å². The Bertz CT molecular complexity index is 1400. The van der Waals surface area contributed by atoms with Crippen LogP contribution in [0.15, 0.2) is 47.4 Å². The summed E-state index contributed by atoms with van der Waals surface area (Å²) in [6.07, 6.45) is 0.731. The summed E-state index contributed by atoms with van der Waals surface area (Å²) in [7, 11) is 1.76. The van der Waals surface area contributed by atoms with Gasteiger partial charge in [-0.3, -0.25) is 9.89 Å². The third kappa shape index (κ3) is 3.11. The second kappa shape index (κ2) is 7.58. The van der Waals surface area contributed by atoms with E-state index >= 15 is 0 Å². The van der Waals surface area contributed by atoms with Crippen molar-refractivity contribution in [2.75, 3.05) is 11.4 Å². The Hall–Kier alpha value is -3.48. The standard InChI is InChI=1S/C25H24F2N4O/c1-14-10-19-21(30(3)25(14)32)7-4-8-22(19)31-9-5-6-16-11-17(20-13-28-29-15(20)2)18(24(26)27)12-23(16)31/h4,7-8,10-13,24H,5-6,9H2,1-3H3,(H,28,29). The summed E-state index contributed by atoms with van der Waals surface area (Å²) >= 11 is 0. The van der Waals surface area contributed by atoms with Gasteiger partial charge in [0, 0.05) is 47.1 Å². The third-order valence-electron chi connectivity index (χ3n) is 6.44. The highest BCUT2D eigenvalue weighted by molar-refractivity contribution is 5.95. The van der Waals surface area contributed by atoms with E-state index in [1.54, 1.807) is 30.8 Å². The van der Waals surface area contributed by atoms with Crippen molar-refractivity contribution in [1.29, 1.82) is 0 Å². The lowest BCUT2D eigenvalue weighted by Crippen LogP contribution is -2.26. The number of rotatable bonds is 3. The van der Waals surface area contributed by atoms with Crippen molar-refractivity contribution in [2.45, 2.75) is 33.1 Å². The number of nitrogens with one attached hydrogen (secondary N) is 1.